The molecule has 0 aromatic heterocycles. The minimum Gasteiger partial charge on any atom is -0.484 e. The number of hydrogen-bond acceptors (Lipinski definition) is 3. The van der Waals surface area contributed by atoms with E-state index in [-0.39, 0.29) is 6.61 Å². The van der Waals surface area contributed by atoms with E-state index in [9.17, 15) is 13.6 Å². The van der Waals surface area contributed by atoms with E-state index in [2.05, 4.69) is 0 Å². The summed E-state index contributed by atoms with van der Waals surface area (Å²) in [6.07, 6.45) is -2.58. The van der Waals surface area contributed by atoms with Crippen LogP contribution in [0.4, 0.5) is 8.78 Å². The Morgan fingerprint density at radius 1 is 1.41 bits per heavy atom. The number of rotatable bonds is 5. The van der Waals surface area contributed by atoms with Crippen molar-refractivity contribution < 1.29 is 18.3 Å². The Balaban J connectivity index is 2.35. The molecule has 17 heavy (non-hydrogen) atoms. The number of nitrogens with zero attached hydrogens (tertiary/aromatic N) is 1. The molecule has 1 rings (SSSR count). The van der Waals surface area contributed by atoms with E-state index in [1.165, 1.54) is 24.3 Å². The van der Waals surface area contributed by atoms with E-state index in [4.69, 9.17) is 10.00 Å². The van der Waals surface area contributed by atoms with Crippen LogP contribution in [0.3, 0.4) is 0 Å². The lowest BCUT2D eigenvalue weighted by Gasteiger charge is -2.06. The molecular formula is C11H10F2N2O2. The second kappa shape index (κ2) is 6.43. The Morgan fingerprint density at radius 2 is 2.06 bits per heavy atom. The predicted octanol–water partition coefficient (Wildman–Crippen LogP) is 1.32. The van der Waals surface area contributed by atoms with E-state index < -0.39 is 18.9 Å². The minimum atomic E-state index is -2.58. The molecule has 6 heteroatoms. The fourth-order valence-electron chi connectivity index (χ4n) is 1.02. The Kier molecular flexibility index (Phi) is 4.88. The lowest BCUT2D eigenvalue weighted by molar-refractivity contribution is -0.123. The first-order chi connectivity index (χ1) is 8.11. The minimum absolute atomic E-state index is 0.335. The molecule has 0 spiro atoms. The van der Waals surface area contributed by atoms with Crippen LogP contribution in [0.1, 0.15) is 5.56 Å². The summed E-state index contributed by atoms with van der Waals surface area (Å²) in [7, 11) is 0. The van der Waals surface area contributed by atoms with Crippen molar-refractivity contribution in [2.24, 2.45) is 0 Å². The molecule has 0 atom stereocenters. The largest absolute Gasteiger partial charge is 0.484 e. The van der Waals surface area contributed by atoms with E-state index >= 15 is 0 Å². The summed E-state index contributed by atoms with van der Waals surface area (Å²) in [6.45, 7) is -1.02. The van der Waals surface area contributed by atoms with Gasteiger partial charge >= 0.3 is 0 Å². The van der Waals surface area contributed by atoms with Crippen LogP contribution in [0.15, 0.2) is 24.3 Å². The number of ether oxygens (including phenoxy) is 1. The number of carbonyl (C=O) groups excluding carboxylic acids is 1. The Labute approximate surface area is 96.8 Å². The topological polar surface area (TPSA) is 62.1 Å². The molecule has 0 unspecified atom stereocenters. The molecule has 0 saturated carbocycles. The summed E-state index contributed by atoms with van der Waals surface area (Å²) >= 11 is 0. The third kappa shape index (κ3) is 4.93. The third-order valence-corrected chi connectivity index (χ3v) is 1.81. The van der Waals surface area contributed by atoms with Crippen molar-refractivity contribution in [3.63, 3.8) is 0 Å². The molecule has 1 aromatic rings. The van der Waals surface area contributed by atoms with Gasteiger partial charge in [-0.15, -0.1) is 0 Å². The second-order valence-corrected chi connectivity index (χ2v) is 3.12. The normalized spacial score (nSPS) is 9.76. The van der Waals surface area contributed by atoms with E-state index in [0.717, 1.165) is 0 Å². The average molecular weight is 240 g/mol. The number of amides is 1. The zero-order valence-corrected chi connectivity index (χ0v) is 8.82. The number of hydrogen-bond donors (Lipinski definition) is 1. The smallest absolute Gasteiger partial charge is 0.258 e. The van der Waals surface area contributed by atoms with Gasteiger partial charge in [-0.1, -0.05) is 0 Å². The summed E-state index contributed by atoms with van der Waals surface area (Å²) in [5.41, 5.74) is 0.472. The molecule has 1 amide bonds. The van der Waals surface area contributed by atoms with Crippen molar-refractivity contribution in [2.75, 3.05) is 13.2 Å². The SMILES string of the molecule is N#Cc1ccc(OCC(=O)NCC(F)F)cc1. The molecule has 0 aliphatic rings. The van der Waals surface area contributed by atoms with Crippen LogP contribution in [0.2, 0.25) is 0 Å². The Hall–Kier alpha value is -2.16. The van der Waals surface area contributed by atoms with Gasteiger partial charge in [0.1, 0.15) is 5.75 Å². The molecule has 0 bridgehead atoms. The van der Waals surface area contributed by atoms with Crippen molar-refractivity contribution in [2.45, 2.75) is 6.43 Å². The lowest BCUT2D eigenvalue weighted by Crippen LogP contribution is -2.32. The second-order valence-electron chi connectivity index (χ2n) is 3.12. The molecule has 0 aliphatic heterocycles. The first kappa shape index (κ1) is 12.9. The summed E-state index contributed by atoms with van der Waals surface area (Å²) in [5, 5.41) is 10.6. The van der Waals surface area contributed by atoms with Gasteiger partial charge in [-0.25, -0.2) is 8.78 Å². The quantitative estimate of drug-likeness (QED) is 0.844. The molecule has 1 aromatic carbocycles. The van der Waals surface area contributed by atoms with Crippen LogP contribution in [0, 0.1) is 11.3 Å². The summed E-state index contributed by atoms with van der Waals surface area (Å²) in [5.74, 6) is -0.217. The Morgan fingerprint density at radius 3 is 2.59 bits per heavy atom. The fraction of sp³-hybridized carbons (Fsp3) is 0.273. The number of nitrogens with one attached hydrogen (secondary N) is 1. The lowest BCUT2D eigenvalue weighted by atomic mass is 10.2. The summed E-state index contributed by atoms with van der Waals surface area (Å²) in [6, 6.07) is 8.06. The van der Waals surface area contributed by atoms with Crippen LogP contribution >= 0.6 is 0 Å². The van der Waals surface area contributed by atoms with E-state index in [1.807, 2.05) is 11.4 Å². The zero-order chi connectivity index (χ0) is 12.7. The first-order valence-corrected chi connectivity index (χ1v) is 4.79. The number of halogens is 2. The van der Waals surface area contributed by atoms with Crippen LogP contribution in [0.5, 0.6) is 5.75 Å². The van der Waals surface area contributed by atoms with Crippen molar-refractivity contribution in [1.82, 2.24) is 5.32 Å². The number of nitriles is 1. The highest BCUT2D eigenvalue weighted by atomic mass is 19.3. The predicted molar refractivity (Wildman–Crippen MR) is 55.7 cm³/mol. The van der Waals surface area contributed by atoms with Gasteiger partial charge in [0.05, 0.1) is 18.2 Å². The van der Waals surface area contributed by atoms with Gasteiger partial charge in [0.25, 0.3) is 12.3 Å². The standard InChI is InChI=1S/C11H10F2N2O2/c12-10(13)6-15-11(16)7-17-9-3-1-8(5-14)2-4-9/h1-4,10H,6-7H2,(H,15,16). The third-order valence-electron chi connectivity index (χ3n) is 1.81. The fourth-order valence-corrected chi connectivity index (χ4v) is 1.02. The van der Waals surface area contributed by atoms with E-state index in [1.54, 1.807) is 0 Å². The molecule has 0 heterocycles. The number of alkyl halides is 2. The van der Waals surface area contributed by atoms with Crippen LogP contribution in [-0.4, -0.2) is 25.5 Å². The molecule has 0 radical (unpaired) electrons. The van der Waals surface area contributed by atoms with Gasteiger partial charge in [0.15, 0.2) is 6.61 Å². The monoisotopic (exact) mass is 240 g/mol. The maximum Gasteiger partial charge on any atom is 0.258 e. The van der Waals surface area contributed by atoms with Gasteiger partial charge in [-0.3, -0.25) is 4.79 Å². The van der Waals surface area contributed by atoms with Crippen molar-refractivity contribution >= 4 is 5.91 Å². The molecule has 0 fully saturated rings. The highest BCUT2D eigenvalue weighted by molar-refractivity contribution is 5.77. The molecule has 1 N–H and O–H groups in total. The van der Waals surface area contributed by atoms with E-state index in [0.29, 0.717) is 11.3 Å². The average Bonchev–Trinajstić information content (AvgIpc) is 2.34. The molecule has 90 valence electrons. The van der Waals surface area contributed by atoms with Gasteiger partial charge in [-0.2, -0.15) is 5.26 Å². The number of carbonyl (C=O) groups is 1. The Bertz CT molecular complexity index is 412. The van der Waals surface area contributed by atoms with Crippen molar-refractivity contribution in [1.29, 1.82) is 5.26 Å². The zero-order valence-electron chi connectivity index (χ0n) is 8.82. The maximum absolute atomic E-state index is 11.8. The van der Waals surface area contributed by atoms with Crippen LogP contribution in [-0.2, 0) is 4.79 Å². The van der Waals surface area contributed by atoms with Crippen molar-refractivity contribution in [3.05, 3.63) is 29.8 Å². The summed E-state index contributed by atoms with van der Waals surface area (Å²) < 4.78 is 28.5. The van der Waals surface area contributed by atoms with Gasteiger partial charge in [-0.05, 0) is 24.3 Å². The molecule has 4 nitrogen and oxygen atoms in total. The van der Waals surface area contributed by atoms with Crippen molar-refractivity contribution in [3.8, 4) is 11.8 Å². The highest BCUT2D eigenvalue weighted by Crippen LogP contribution is 2.11. The molecule has 0 saturated heterocycles. The first-order valence-electron chi connectivity index (χ1n) is 4.79. The van der Waals surface area contributed by atoms with Crippen LogP contribution in [0.25, 0.3) is 0 Å². The maximum atomic E-state index is 11.8. The summed E-state index contributed by atoms with van der Waals surface area (Å²) in [4.78, 5) is 11.0. The highest BCUT2D eigenvalue weighted by Gasteiger charge is 2.06. The number of benzene rings is 1. The van der Waals surface area contributed by atoms with Gasteiger partial charge in [0.2, 0.25) is 0 Å². The van der Waals surface area contributed by atoms with Gasteiger partial charge in [0, 0.05) is 0 Å². The molecule has 0 aliphatic carbocycles. The van der Waals surface area contributed by atoms with Gasteiger partial charge < -0.3 is 10.1 Å². The molecular weight excluding hydrogens is 230 g/mol. The van der Waals surface area contributed by atoms with Crippen LogP contribution < -0.4 is 10.1 Å².